The van der Waals surface area contributed by atoms with Crippen molar-refractivity contribution in [3.63, 3.8) is 0 Å². The van der Waals surface area contributed by atoms with Gasteiger partial charge in [-0.3, -0.25) is 9.59 Å². The molecule has 31 heavy (non-hydrogen) atoms. The number of benzene rings is 2. The van der Waals surface area contributed by atoms with E-state index in [4.69, 9.17) is 9.47 Å². The van der Waals surface area contributed by atoms with Gasteiger partial charge in [0.1, 0.15) is 0 Å². The Morgan fingerprint density at radius 2 is 1.61 bits per heavy atom. The van der Waals surface area contributed by atoms with Crippen LogP contribution in [0.3, 0.4) is 0 Å². The van der Waals surface area contributed by atoms with Crippen LogP contribution in [0.1, 0.15) is 57.0 Å². The maximum atomic E-state index is 12.5. The van der Waals surface area contributed by atoms with Crippen LogP contribution in [0.25, 0.3) is 0 Å². The largest absolute Gasteiger partial charge is 0.490 e. The van der Waals surface area contributed by atoms with Crippen LogP contribution in [0.4, 0.5) is 0 Å². The van der Waals surface area contributed by atoms with Crippen molar-refractivity contribution in [2.24, 2.45) is 0 Å². The van der Waals surface area contributed by atoms with Crippen molar-refractivity contribution in [3.05, 3.63) is 59.7 Å². The molecule has 0 fully saturated rings. The molecule has 2 aromatic rings. The smallest absolute Gasteiger partial charge is 0.251 e. The van der Waals surface area contributed by atoms with Crippen molar-refractivity contribution < 1.29 is 19.1 Å². The van der Waals surface area contributed by atoms with Gasteiger partial charge in [0.15, 0.2) is 11.5 Å². The quantitative estimate of drug-likeness (QED) is 0.567. The van der Waals surface area contributed by atoms with Gasteiger partial charge in [-0.1, -0.05) is 44.2 Å². The van der Waals surface area contributed by atoms with Crippen molar-refractivity contribution in [1.29, 1.82) is 0 Å². The van der Waals surface area contributed by atoms with E-state index >= 15 is 0 Å². The van der Waals surface area contributed by atoms with Gasteiger partial charge >= 0.3 is 0 Å². The van der Waals surface area contributed by atoms with Gasteiger partial charge in [0.25, 0.3) is 5.91 Å². The normalized spacial score (nSPS) is 12.0. The second-order valence-corrected chi connectivity index (χ2v) is 8.13. The van der Waals surface area contributed by atoms with Crippen molar-refractivity contribution in [2.45, 2.75) is 52.5 Å². The fourth-order valence-electron chi connectivity index (χ4n) is 3.60. The number of rotatable bonds is 11. The van der Waals surface area contributed by atoms with E-state index in [1.807, 2.05) is 39.0 Å². The molecule has 0 radical (unpaired) electrons. The number of hydrogen-bond donors (Lipinski definition) is 2. The average Bonchev–Trinajstić information content (AvgIpc) is 2.73. The lowest BCUT2D eigenvalue weighted by atomic mass is 9.79. The summed E-state index contributed by atoms with van der Waals surface area (Å²) in [6.07, 6.45) is 0.785. The van der Waals surface area contributed by atoms with Crippen LogP contribution in [-0.2, 0) is 10.2 Å². The van der Waals surface area contributed by atoms with Crippen LogP contribution in [-0.4, -0.2) is 37.6 Å². The number of carbonyl (C=O) groups is 2. The van der Waals surface area contributed by atoms with Gasteiger partial charge in [0, 0.05) is 11.6 Å². The molecule has 0 aromatic heterocycles. The van der Waals surface area contributed by atoms with Gasteiger partial charge in [0.2, 0.25) is 5.91 Å². The zero-order valence-corrected chi connectivity index (χ0v) is 19.2. The Morgan fingerprint density at radius 3 is 2.26 bits per heavy atom. The van der Waals surface area contributed by atoms with Crippen LogP contribution >= 0.6 is 0 Å². The van der Waals surface area contributed by atoms with Crippen molar-refractivity contribution in [2.75, 3.05) is 19.8 Å². The van der Waals surface area contributed by atoms with Gasteiger partial charge in [-0.05, 0) is 56.4 Å². The lowest BCUT2D eigenvalue weighted by Gasteiger charge is -2.29. The molecule has 2 amide bonds. The SMILES string of the molecule is CCOc1ccc(C(=O)NCC(=O)NC(C)CC(C)(C)c2ccccc2)cc1OCC. The first-order chi connectivity index (χ1) is 14.8. The van der Waals surface area contributed by atoms with E-state index in [-0.39, 0.29) is 29.8 Å². The Kier molecular flexibility index (Phi) is 8.91. The molecule has 2 N–H and O–H groups in total. The van der Waals surface area contributed by atoms with Crippen LogP contribution in [0.2, 0.25) is 0 Å². The van der Waals surface area contributed by atoms with Gasteiger partial charge < -0.3 is 20.1 Å². The molecule has 0 saturated carbocycles. The van der Waals surface area contributed by atoms with Gasteiger partial charge in [-0.25, -0.2) is 0 Å². The van der Waals surface area contributed by atoms with Gasteiger partial charge in [0.05, 0.1) is 19.8 Å². The first-order valence-electron chi connectivity index (χ1n) is 10.8. The summed E-state index contributed by atoms with van der Waals surface area (Å²) in [5, 5.41) is 5.64. The molecule has 0 aliphatic rings. The maximum absolute atomic E-state index is 12.5. The number of carbonyl (C=O) groups excluding carboxylic acids is 2. The fraction of sp³-hybridized carbons (Fsp3) is 0.440. The third-order valence-corrected chi connectivity index (χ3v) is 4.99. The molecule has 1 unspecified atom stereocenters. The summed E-state index contributed by atoms with van der Waals surface area (Å²) in [5.74, 6) is 0.545. The summed E-state index contributed by atoms with van der Waals surface area (Å²) >= 11 is 0. The van der Waals surface area contributed by atoms with E-state index in [9.17, 15) is 9.59 Å². The standard InChI is InChI=1S/C25H34N2O4/c1-6-30-21-14-13-19(15-22(21)31-7-2)24(29)26-17-23(28)27-18(3)16-25(4,5)20-11-9-8-10-12-20/h8-15,18H,6-7,16-17H2,1-5H3,(H,26,29)(H,27,28). The average molecular weight is 427 g/mol. The van der Waals surface area contributed by atoms with E-state index < -0.39 is 0 Å². The Labute approximate surface area is 185 Å². The van der Waals surface area contributed by atoms with Crippen LogP contribution in [0, 0.1) is 0 Å². The van der Waals surface area contributed by atoms with Gasteiger partial charge in [-0.2, -0.15) is 0 Å². The summed E-state index contributed by atoms with van der Waals surface area (Å²) in [4.78, 5) is 24.8. The highest BCUT2D eigenvalue weighted by molar-refractivity contribution is 5.97. The highest BCUT2D eigenvalue weighted by atomic mass is 16.5. The summed E-state index contributed by atoms with van der Waals surface area (Å²) in [6.45, 7) is 10.9. The molecule has 2 aromatic carbocycles. The minimum absolute atomic E-state index is 0.0327. The first-order valence-corrected chi connectivity index (χ1v) is 10.8. The Hall–Kier alpha value is -3.02. The second kappa shape index (κ2) is 11.4. The highest BCUT2D eigenvalue weighted by Gasteiger charge is 2.24. The molecule has 0 spiro atoms. The number of nitrogens with one attached hydrogen (secondary N) is 2. The highest BCUT2D eigenvalue weighted by Crippen LogP contribution is 2.29. The third-order valence-electron chi connectivity index (χ3n) is 4.99. The molecule has 0 aliphatic heterocycles. The minimum atomic E-state index is -0.337. The molecule has 168 valence electrons. The van der Waals surface area contributed by atoms with Crippen molar-refractivity contribution in [1.82, 2.24) is 10.6 Å². The molecule has 0 aliphatic carbocycles. The first kappa shape index (κ1) is 24.3. The summed E-state index contributed by atoms with van der Waals surface area (Å²) in [7, 11) is 0. The second-order valence-electron chi connectivity index (χ2n) is 8.13. The van der Waals surface area contributed by atoms with E-state index in [1.54, 1.807) is 18.2 Å². The fourth-order valence-corrected chi connectivity index (χ4v) is 3.60. The lowest BCUT2D eigenvalue weighted by Crippen LogP contribution is -2.42. The zero-order valence-electron chi connectivity index (χ0n) is 19.2. The molecular formula is C25H34N2O4. The summed E-state index contributed by atoms with van der Waals surface area (Å²) in [6, 6.07) is 15.2. The molecular weight excluding hydrogens is 392 g/mol. The molecule has 1 atom stereocenters. The van der Waals surface area contributed by atoms with E-state index in [2.05, 4.69) is 36.6 Å². The van der Waals surface area contributed by atoms with Crippen LogP contribution < -0.4 is 20.1 Å². The van der Waals surface area contributed by atoms with Crippen LogP contribution in [0.15, 0.2) is 48.5 Å². The zero-order chi connectivity index (χ0) is 22.9. The van der Waals surface area contributed by atoms with Gasteiger partial charge in [-0.15, -0.1) is 0 Å². The number of ether oxygens (including phenoxy) is 2. The molecule has 6 heteroatoms. The molecule has 0 saturated heterocycles. The number of amides is 2. The molecule has 2 rings (SSSR count). The van der Waals surface area contributed by atoms with Crippen molar-refractivity contribution in [3.8, 4) is 11.5 Å². The van der Waals surface area contributed by atoms with Crippen molar-refractivity contribution >= 4 is 11.8 Å². The Morgan fingerprint density at radius 1 is 0.968 bits per heavy atom. The third kappa shape index (κ3) is 7.31. The lowest BCUT2D eigenvalue weighted by molar-refractivity contribution is -0.120. The predicted molar refractivity (Wildman–Crippen MR) is 123 cm³/mol. The summed E-state index contributed by atoms with van der Waals surface area (Å²) in [5.41, 5.74) is 1.57. The molecule has 0 heterocycles. The predicted octanol–water partition coefficient (Wildman–Crippen LogP) is 4.09. The van der Waals surface area contributed by atoms with Crippen LogP contribution in [0.5, 0.6) is 11.5 Å². The Balaban J connectivity index is 1.89. The van der Waals surface area contributed by atoms with E-state index in [1.165, 1.54) is 5.56 Å². The monoisotopic (exact) mass is 426 g/mol. The topological polar surface area (TPSA) is 76.7 Å². The maximum Gasteiger partial charge on any atom is 0.251 e. The van der Waals surface area contributed by atoms with E-state index in [0.29, 0.717) is 30.3 Å². The number of hydrogen-bond acceptors (Lipinski definition) is 4. The van der Waals surface area contributed by atoms with E-state index in [0.717, 1.165) is 6.42 Å². The molecule has 0 bridgehead atoms. The minimum Gasteiger partial charge on any atom is -0.490 e. The summed E-state index contributed by atoms with van der Waals surface area (Å²) < 4.78 is 11.1. The molecule has 6 nitrogen and oxygen atoms in total. The Bertz CT molecular complexity index is 865.